The molecular weight excluding hydrogens is 252 g/mol. The quantitative estimate of drug-likeness (QED) is 0.632. The van der Waals surface area contributed by atoms with Crippen LogP contribution in [0.5, 0.6) is 0 Å². The van der Waals surface area contributed by atoms with Crippen LogP contribution in [0, 0.1) is 0 Å². The van der Waals surface area contributed by atoms with Crippen LogP contribution in [0.2, 0.25) is 5.02 Å². The summed E-state index contributed by atoms with van der Waals surface area (Å²) in [7, 11) is 0. The largest absolute Gasteiger partial charge is 0.0843 e. The summed E-state index contributed by atoms with van der Waals surface area (Å²) in [6.07, 6.45) is 2.20. The Bertz CT molecular complexity index is 557. The van der Waals surface area contributed by atoms with Gasteiger partial charge in [0.05, 0.1) is 0 Å². The molecule has 0 radical (unpaired) electrons. The van der Waals surface area contributed by atoms with E-state index in [9.17, 15) is 0 Å². The zero-order valence-electron chi connectivity index (χ0n) is 11.9. The topological polar surface area (TPSA) is 0 Å². The maximum atomic E-state index is 6.19. The van der Waals surface area contributed by atoms with E-state index in [1.807, 2.05) is 6.07 Å². The van der Waals surface area contributed by atoms with Crippen molar-refractivity contribution in [2.24, 2.45) is 0 Å². The summed E-state index contributed by atoms with van der Waals surface area (Å²) in [5.41, 5.74) is 5.31. The molecule has 0 bridgehead atoms. The maximum Gasteiger partial charge on any atom is 0.0412 e. The van der Waals surface area contributed by atoms with Crippen LogP contribution in [0.15, 0.2) is 42.5 Å². The minimum Gasteiger partial charge on any atom is -0.0843 e. The second-order valence-electron chi connectivity index (χ2n) is 5.09. The predicted molar refractivity (Wildman–Crippen MR) is 85.0 cm³/mol. The second-order valence-corrected chi connectivity index (χ2v) is 5.53. The highest BCUT2D eigenvalue weighted by Gasteiger charge is 2.11. The lowest BCUT2D eigenvalue weighted by atomic mass is 9.89. The van der Waals surface area contributed by atoms with E-state index in [1.165, 1.54) is 22.3 Å². The van der Waals surface area contributed by atoms with E-state index in [2.05, 4.69) is 57.2 Å². The molecule has 100 valence electrons. The Morgan fingerprint density at radius 3 is 2.53 bits per heavy atom. The molecule has 19 heavy (non-hydrogen) atoms. The van der Waals surface area contributed by atoms with Crippen molar-refractivity contribution >= 4 is 11.6 Å². The lowest BCUT2D eigenvalue weighted by Crippen LogP contribution is -1.95. The van der Waals surface area contributed by atoms with Gasteiger partial charge in [-0.2, -0.15) is 0 Å². The third kappa shape index (κ3) is 3.19. The van der Waals surface area contributed by atoms with Crippen molar-refractivity contribution in [2.75, 3.05) is 0 Å². The lowest BCUT2D eigenvalue weighted by Gasteiger charge is -2.16. The molecule has 2 aromatic rings. The molecular formula is C18H21Cl. The van der Waals surface area contributed by atoms with Crippen molar-refractivity contribution in [3.05, 3.63) is 58.6 Å². The highest BCUT2D eigenvalue weighted by atomic mass is 35.5. The molecule has 0 N–H and O–H groups in total. The van der Waals surface area contributed by atoms with Crippen molar-refractivity contribution < 1.29 is 0 Å². The molecule has 0 aliphatic rings. The van der Waals surface area contributed by atoms with E-state index in [0.29, 0.717) is 5.92 Å². The molecule has 0 fully saturated rings. The number of hydrogen-bond acceptors (Lipinski definition) is 0. The van der Waals surface area contributed by atoms with Gasteiger partial charge in [0.25, 0.3) is 0 Å². The number of halogens is 1. The molecule has 1 atom stereocenters. The third-order valence-corrected chi connectivity index (χ3v) is 4.04. The average molecular weight is 273 g/mol. The van der Waals surface area contributed by atoms with Gasteiger partial charge in [-0.3, -0.25) is 0 Å². The smallest absolute Gasteiger partial charge is 0.0412 e. The van der Waals surface area contributed by atoms with Crippen molar-refractivity contribution in [3.63, 3.8) is 0 Å². The SMILES string of the molecule is CCc1cccc(-c2cc(Cl)ccc2C(C)CC)c1. The van der Waals surface area contributed by atoms with Gasteiger partial charge in [0.2, 0.25) is 0 Å². The zero-order valence-corrected chi connectivity index (χ0v) is 12.7. The van der Waals surface area contributed by atoms with Gasteiger partial charge in [-0.15, -0.1) is 0 Å². The minimum atomic E-state index is 0.553. The molecule has 0 aromatic heterocycles. The monoisotopic (exact) mass is 272 g/mol. The number of benzene rings is 2. The first-order chi connectivity index (χ1) is 9.15. The lowest BCUT2D eigenvalue weighted by molar-refractivity contribution is 0.735. The summed E-state index contributed by atoms with van der Waals surface area (Å²) in [5.74, 6) is 0.553. The van der Waals surface area contributed by atoms with Crippen LogP contribution in [0.3, 0.4) is 0 Å². The van der Waals surface area contributed by atoms with E-state index in [-0.39, 0.29) is 0 Å². The van der Waals surface area contributed by atoms with Gasteiger partial charge < -0.3 is 0 Å². The molecule has 2 aromatic carbocycles. The molecule has 0 spiro atoms. The van der Waals surface area contributed by atoms with E-state index >= 15 is 0 Å². The van der Waals surface area contributed by atoms with Crippen LogP contribution in [-0.4, -0.2) is 0 Å². The van der Waals surface area contributed by atoms with Crippen molar-refractivity contribution in [2.45, 2.75) is 39.5 Å². The van der Waals surface area contributed by atoms with Crippen LogP contribution in [0.25, 0.3) is 11.1 Å². The predicted octanol–water partition coefficient (Wildman–Crippen LogP) is 6.08. The summed E-state index contributed by atoms with van der Waals surface area (Å²) >= 11 is 6.19. The summed E-state index contributed by atoms with van der Waals surface area (Å²) in [6.45, 7) is 6.69. The summed E-state index contributed by atoms with van der Waals surface area (Å²) < 4.78 is 0. The molecule has 0 nitrogen and oxygen atoms in total. The molecule has 0 saturated heterocycles. The molecule has 1 heteroatoms. The Kier molecular flexibility index (Phi) is 4.66. The molecule has 0 heterocycles. The Morgan fingerprint density at radius 1 is 1.05 bits per heavy atom. The van der Waals surface area contributed by atoms with Crippen molar-refractivity contribution in [1.82, 2.24) is 0 Å². The fourth-order valence-corrected chi connectivity index (χ4v) is 2.56. The Labute approximate surface area is 121 Å². The van der Waals surface area contributed by atoms with Gasteiger partial charge >= 0.3 is 0 Å². The van der Waals surface area contributed by atoms with Crippen molar-refractivity contribution in [3.8, 4) is 11.1 Å². The van der Waals surface area contributed by atoms with E-state index in [4.69, 9.17) is 11.6 Å². The Balaban J connectivity index is 2.55. The number of aryl methyl sites for hydroxylation is 1. The van der Waals surface area contributed by atoms with Gasteiger partial charge in [0.15, 0.2) is 0 Å². The number of rotatable bonds is 4. The molecule has 2 rings (SSSR count). The molecule has 1 unspecified atom stereocenters. The first kappa shape index (κ1) is 14.1. The fourth-order valence-electron chi connectivity index (χ4n) is 2.39. The highest BCUT2D eigenvalue weighted by Crippen LogP contribution is 2.33. The van der Waals surface area contributed by atoms with Gasteiger partial charge in [-0.1, -0.05) is 62.7 Å². The zero-order chi connectivity index (χ0) is 13.8. The third-order valence-electron chi connectivity index (χ3n) is 3.80. The summed E-state index contributed by atoms with van der Waals surface area (Å²) in [6, 6.07) is 15.0. The van der Waals surface area contributed by atoms with E-state index < -0.39 is 0 Å². The molecule has 0 saturated carbocycles. The van der Waals surface area contributed by atoms with Crippen LogP contribution in [-0.2, 0) is 6.42 Å². The highest BCUT2D eigenvalue weighted by molar-refractivity contribution is 6.30. The maximum absolute atomic E-state index is 6.19. The van der Waals surface area contributed by atoms with Crippen LogP contribution < -0.4 is 0 Å². The molecule has 0 aliphatic heterocycles. The van der Waals surface area contributed by atoms with Gasteiger partial charge in [-0.05, 0) is 53.1 Å². The van der Waals surface area contributed by atoms with Crippen molar-refractivity contribution in [1.29, 1.82) is 0 Å². The summed E-state index contributed by atoms with van der Waals surface area (Å²) in [5, 5.41) is 0.809. The Hall–Kier alpha value is -1.27. The van der Waals surface area contributed by atoms with Gasteiger partial charge in [0.1, 0.15) is 0 Å². The van der Waals surface area contributed by atoms with Gasteiger partial charge in [-0.25, -0.2) is 0 Å². The fraction of sp³-hybridized carbons (Fsp3) is 0.333. The summed E-state index contributed by atoms with van der Waals surface area (Å²) in [4.78, 5) is 0. The molecule has 0 aliphatic carbocycles. The van der Waals surface area contributed by atoms with Gasteiger partial charge in [0, 0.05) is 5.02 Å². The number of hydrogen-bond donors (Lipinski definition) is 0. The first-order valence-electron chi connectivity index (χ1n) is 7.04. The minimum absolute atomic E-state index is 0.553. The van der Waals surface area contributed by atoms with Crippen LogP contribution in [0.4, 0.5) is 0 Å². The van der Waals surface area contributed by atoms with Crippen LogP contribution >= 0.6 is 11.6 Å². The second kappa shape index (κ2) is 6.25. The Morgan fingerprint density at radius 2 is 1.84 bits per heavy atom. The van der Waals surface area contributed by atoms with Crippen LogP contribution in [0.1, 0.15) is 44.2 Å². The van der Waals surface area contributed by atoms with E-state index in [1.54, 1.807) is 0 Å². The first-order valence-corrected chi connectivity index (χ1v) is 7.42. The molecule has 0 amide bonds. The average Bonchev–Trinajstić information content (AvgIpc) is 2.46. The standard InChI is InChI=1S/C18H21Cl/c1-4-13(3)17-10-9-16(19)12-18(17)15-8-6-7-14(5-2)11-15/h6-13H,4-5H2,1-3H3. The normalized spacial score (nSPS) is 12.4. The van der Waals surface area contributed by atoms with E-state index in [0.717, 1.165) is 17.9 Å².